The van der Waals surface area contributed by atoms with Crippen LogP contribution in [-0.2, 0) is 13.6 Å². The highest BCUT2D eigenvalue weighted by molar-refractivity contribution is 5.93. The van der Waals surface area contributed by atoms with E-state index in [1.54, 1.807) is 0 Å². The van der Waals surface area contributed by atoms with Crippen molar-refractivity contribution in [3.8, 4) is 16.9 Å². The second-order valence-corrected chi connectivity index (χ2v) is 7.97. The zero-order valence-corrected chi connectivity index (χ0v) is 17.4. The van der Waals surface area contributed by atoms with E-state index in [0.717, 1.165) is 44.9 Å². The maximum atomic E-state index is 13.1. The summed E-state index contributed by atoms with van der Waals surface area (Å²) >= 11 is 0. The summed E-state index contributed by atoms with van der Waals surface area (Å²) in [6.07, 6.45) is 1.97. The molecular formula is C24H24N4O2. The number of aromatic nitrogens is 3. The molecule has 3 heterocycles. The van der Waals surface area contributed by atoms with Gasteiger partial charge in [0.1, 0.15) is 23.9 Å². The highest BCUT2D eigenvalue weighted by atomic mass is 16.5. The van der Waals surface area contributed by atoms with Crippen LogP contribution in [0.3, 0.4) is 0 Å². The van der Waals surface area contributed by atoms with Crippen molar-refractivity contribution in [1.29, 1.82) is 0 Å². The Kier molecular flexibility index (Phi) is 4.35. The van der Waals surface area contributed by atoms with Gasteiger partial charge in [-0.05, 0) is 60.9 Å². The number of aromatic amines is 1. The number of amides is 1. The Morgan fingerprint density at radius 1 is 1.10 bits per heavy atom. The first-order valence-corrected chi connectivity index (χ1v) is 10.1. The number of carbonyl (C=O) groups excluding carboxylic acids is 1. The summed E-state index contributed by atoms with van der Waals surface area (Å²) < 4.78 is 7.84. The van der Waals surface area contributed by atoms with Gasteiger partial charge in [0, 0.05) is 25.4 Å². The predicted molar refractivity (Wildman–Crippen MR) is 117 cm³/mol. The molecule has 0 saturated heterocycles. The average molecular weight is 400 g/mol. The lowest BCUT2D eigenvalue weighted by Gasteiger charge is -2.20. The number of aryl methyl sites for hydroxylation is 3. The molecule has 30 heavy (non-hydrogen) atoms. The van der Waals surface area contributed by atoms with Gasteiger partial charge in [-0.3, -0.25) is 4.79 Å². The van der Waals surface area contributed by atoms with Crippen LogP contribution in [0.1, 0.15) is 27.4 Å². The summed E-state index contributed by atoms with van der Waals surface area (Å²) in [6.45, 7) is 5.53. The molecule has 0 saturated carbocycles. The number of hydrogen-bond donors (Lipinski definition) is 1. The van der Waals surface area contributed by atoms with E-state index in [-0.39, 0.29) is 5.91 Å². The molecule has 0 unspecified atom stereocenters. The molecule has 6 heteroatoms. The van der Waals surface area contributed by atoms with E-state index < -0.39 is 0 Å². The van der Waals surface area contributed by atoms with E-state index in [0.29, 0.717) is 25.4 Å². The Hall–Kier alpha value is -3.54. The molecule has 1 aliphatic heterocycles. The molecule has 0 bridgehead atoms. The summed E-state index contributed by atoms with van der Waals surface area (Å²) in [4.78, 5) is 22.8. The Morgan fingerprint density at radius 3 is 2.70 bits per heavy atom. The number of nitrogens with one attached hydrogen (secondary N) is 1. The van der Waals surface area contributed by atoms with Crippen LogP contribution in [0.2, 0.25) is 0 Å². The number of benzene rings is 2. The average Bonchev–Trinajstić information content (AvgIpc) is 3.18. The van der Waals surface area contributed by atoms with Gasteiger partial charge in [-0.1, -0.05) is 12.1 Å². The number of nitrogens with zero attached hydrogens (tertiary/aromatic N) is 3. The van der Waals surface area contributed by atoms with Crippen LogP contribution in [-0.4, -0.2) is 38.5 Å². The third-order valence-electron chi connectivity index (χ3n) is 5.62. The topological polar surface area (TPSA) is 63.2 Å². The molecule has 2 aromatic carbocycles. The molecule has 0 aliphatic carbocycles. The third-order valence-corrected chi connectivity index (χ3v) is 5.62. The normalized spacial score (nSPS) is 13.8. The van der Waals surface area contributed by atoms with Gasteiger partial charge in [-0.15, -0.1) is 0 Å². The highest BCUT2D eigenvalue weighted by Gasteiger charge is 2.23. The highest BCUT2D eigenvalue weighted by Crippen LogP contribution is 2.31. The molecule has 152 valence electrons. The zero-order chi connectivity index (χ0) is 20.8. The van der Waals surface area contributed by atoms with Crippen LogP contribution in [0.4, 0.5) is 0 Å². The van der Waals surface area contributed by atoms with Gasteiger partial charge >= 0.3 is 0 Å². The van der Waals surface area contributed by atoms with Crippen LogP contribution in [0, 0.1) is 13.8 Å². The van der Waals surface area contributed by atoms with Gasteiger partial charge < -0.3 is 19.2 Å². The van der Waals surface area contributed by atoms with Gasteiger partial charge in [0.2, 0.25) is 0 Å². The molecule has 6 nitrogen and oxygen atoms in total. The minimum Gasteiger partial charge on any atom is -0.491 e. The molecule has 0 fully saturated rings. The predicted octanol–water partition coefficient (Wildman–Crippen LogP) is 4.22. The Bertz CT molecular complexity index is 1270. The van der Waals surface area contributed by atoms with E-state index in [2.05, 4.69) is 34.2 Å². The molecule has 2 aromatic heterocycles. The fraction of sp³-hybridized carbons (Fsp3) is 0.250. The minimum absolute atomic E-state index is 0.0295. The van der Waals surface area contributed by atoms with Crippen molar-refractivity contribution in [2.24, 2.45) is 7.05 Å². The second kappa shape index (κ2) is 7.06. The van der Waals surface area contributed by atoms with Crippen LogP contribution in [0.15, 0.2) is 48.7 Å². The van der Waals surface area contributed by atoms with E-state index >= 15 is 0 Å². The molecule has 0 atom stereocenters. The molecular weight excluding hydrogens is 376 g/mol. The second-order valence-electron chi connectivity index (χ2n) is 7.97. The monoisotopic (exact) mass is 400 g/mol. The summed E-state index contributed by atoms with van der Waals surface area (Å²) in [7, 11) is 1.91. The first-order valence-electron chi connectivity index (χ1n) is 10.1. The van der Waals surface area contributed by atoms with Gasteiger partial charge in [-0.2, -0.15) is 0 Å². The molecule has 4 aromatic rings. The standard InChI is InChI=1S/C24H24N4O2/c1-15-10-22(27(3)13-15)24(29)28-8-9-30-23-7-5-17(11-19(23)14-28)18-4-6-20-21(12-18)26-16(2)25-20/h4-7,10-13H,8-9,14H2,1-3H3,(H,25,26). The lowest BCUT2D eigenvalue weighted by molar-refractivity contribution is 0.0723. The lowest BCUT2D eigenvalue weighted by atomic mass is 10.0. The van der Waals surface area contributed by atoms with Crippen molar-refractivity contribution in [2.45, 2.75) is 20.4 Å². The minimum atomic E-state index is 0.0295. The number of rotatable bonds is 2. The molecule has 1 aliphatic rings. The van der Waals surface area contributed by atoms with Gasteiger partial charge in [0.05, 0.1) is 17.6 Å². The fourth-order valence-electron chi connectivity index (χ4n) is 4.17. The Morgan fingerprint density at radius 2 is 1.90 bits per heavy atom. The first-order chi connectivity index (χ1) is 14.5. The Labute approximate surface area is 175 Å². The summed E-state index contributed by atoms with van der Waals surface area (Å²) in [5.74, 6) is 1.78. The Balaban J connectivity index is 1.48. The third kappa shape index (κ3) is 3.24. The molecule has 0 radical (unpaired) electrons. The zero-order valence-electron chi connectivity index (χ0n) is 17.4. The quantitative estimate of drug-likeness (QED) is 0.548. The number of imidazole rings is 1. The molecule has 1 N–H and O–H groups in total. The maximum absolute atomic E-state index is 13.1. The van der Waals surface area contributed by atoms with Crippen molar-refractivity contribution in [3.05, 3.63) is 71.3 Å². The number of hydrogen-bond acceptors (Lipinski definition) is 3. The lowest BCUT2D eigenvalue weighted by Crippen LogP contribution is -2.33. The van der Waals surface area contributed by atoms with Gasteiger partial charge in [0.25, 0.3) is 5.91 Å². The largest absolute Gasteiger partial charge is 0.491 e. The van der Waals surface area contributed by atoms with E-state index in [1.807, 2.05) is 54.8 Å². The number of ether oxygens (including phenoxy) is 1. The van der Waals surface area contributed by atoms with Crippen molar-refractivity contribution < 1.29 is 9.53 Å². The smallest absolute Gasteiger partial charge is 0.270 e. The van der Waals surface area contributed by atoms with Gasteiger partial charge in [-0.25, -0.2) is 4.98 Å². The van der Waals surface area contributed by atoms with Crippen LogP contribution in [0.25, 0.3) is 22.2 Å². The van der Waals surface area contributed by atoms with Crippen molar-refractivity contribution >= 4 is 16.9 Å². The fourth-order valence-corrected chi connectivity index (χ4v) is 4.17. The van der Waals surface area contributed by atoms with Crippen molar-refractivity contribution in [1.82, 2.24) is 19.4 Å². The van der Waals surface area contributed by atoms with Crippen LogP contribution in [0.5, 0.6) is 5.75 Å². The number of fused-ring (bicyclic) bond motifs is 2. The summed E-state index contributed by atoms with van der Waals surface area (Å²) in [6, 6.07) is 14.4. The van der Waals surface area contributed by atoms with Crippen LogP contribution >= 0.6 is 0 Å². The summed E-state index contributed by atoms with van der Waals surface area (Å²) in [5.41, 5.74) is 6.98. The van der Waals surface area contributed by atoms with E-state index in [4.69, 9.17) is 4.74 Å². The molecule has 1 amide bonds. The van der Waals surface area contributed by atoms with E-state index in [9.17, 15) is 4.79 Å². The van der Waals surface area contributed by atoms with Crippen molar-refractivity contribution in [2.75, 3.05) is 13.2 Å². The number of H-pyrrole nitrogens is 1. The van der Waals surface area contributed by atoms with Gasteiger partial charge in [0.15, 0.2) is 0 Å². The maximum Gasteiger partial charge on any atom is 0.270 e. The number of carbonyl (C=O) groups is 1. The summed E-state index contributed by atoms with van der Waals surface area (Å²) in [5, 5.41) is 0. The SMILES string of the molecule is Cc1cc(C(=O)N2CCOc3ccc(-c4ccc5nc(C)[nH]c5c4)cc3C2)n(C)c1. The first kappa shape index (κ1) is 18.5. The van der Waals surface area contributed by atoms with E-state index in [1.165, 1.54) is 0 Å². The van der Waals surface area contributed by atoms with Crippen LogP contribution < -0.4 is 4.74 Å². The molecule has 0 spiro atoms. The van der Waals surface area contributed by atoms with Crippen molar-refractivity contribution in [3.63, 3.8) is 0 Å². The molecule has 5 rings (SSSR count).